The van der Waals surface area contributed by atoms with Crippen LogP contribution in [0.2, 0.25) is 0 Å². The molecule has 20 heavy (non-hydrogen) atoms. The zero-order valence-electron chi connectivity index (χ0n) is 12.7. The van der Waals surface area contributed by atoms with E-state index in [1.165, 1.54) is 43.2 Å². The van der Waals surface area contributed by atoms with Gasteiger partial charge in [0.2, 0.25) is 0 Å². The highest BCUT2D eigenvalue weighted by Gasteiger charge is 2.40. The van der Waals surface area contributed by atoms with Crippen LogP contribution >= 0.6 is 0 Å². The van der Waals surface area contributed by atoms with Crippen molar-refractivity contribution in [2.24, 2.45) is 5.84 Å². The molecule has 2 heteroatoms. The van der Waals surface area contributed by atoms with Crippen molar-refractivity contribution in [2.45, 2.75) is 63.3 Å². The molecule has 0 heterocycles. The van der Waals surface area contributed by atoms with Gasteiger partial charge in [-0.3, -0.25) is 11.3 Å². The van der Waals surface area contributed by atoms with Crippen molar-refractivity contribution >= 4 is 0 Å². The topological polar surface area (TPSA) is 38.0 Å². The Hall–Kier alpha value is -1.12. The fraction of sp³-hybridized carbons (Fsp3) is 0.556. The maximum Gasteiger partial charge on any atom is 0.0310 e. The lowest BCUT2D eigenvalue weighted by Crippen LogP contribution is -2.52. The summed E-state index contributed by atoms with van der Waals surface area (Å²) in [5.74, 6) is 5.93. The predicted molar refractivity (Wildman–Crippen MR) is 86.4 cm³/mol. The van der Waals surface area contributed by atoms with E-state index >= 15 is 0 Å². The lowest BCUT2D eigenvalue weighted by molar-refractivity contribution is 0.204. The molecule has 3 N–H and O–H groups in total. The molecular weight excluding hydrogens is 244 g/mol. The maximum atomic E-state index is 5.93. The zero-order valence-corrected chi connectivity index (χ0v) is 12.7. The van der Waals surface area contributed by atoms with E-state index in [9.17, 15) is 0 Å². The number of benzene rings is 1. The number of hydrogen-bond acceptors (Lipinski definition) is 2. The lowest BCUT2D eigenvalue weighted by Gasteiger charge is -2.44. The van der Waals surface area contributed by atoms with E-state index in [2.05, 4.69) is 49.3 Å². The monoisotopic (exact) mass is 272 g/mol. The summed E-state index contributed by atoms with van der Waals surface area (Å²) in [4.78, 5) is 0. The van der Waals surface area contributed by atoms with E-state index in [0.717, 1.165) is 12.8 Å². The quantitative estimate of drug-likeness (QED) is 0.465. The summed E-state index contributed by atoms with van der Waals surface area (Å²) < 4.78 is 0. The molecule has 0 saturated heterocycles. The normalized spacial score (nSPS) is 19.5. The van der Waals surface area contributed by atoms with Gasteiger partial charge in [-0.25, -0.2) is 0 Å². The average molecular weight is 272 g/mol. The van der Waals surface area contributed by atoms with Gasteiger partial charge in [0.1, 0.15) is 0 Å². The molecule has 110 valence electrons. The van der Waals surface area contributed by atoms with E-state index in [0.29, 0.717) is 6.04 Å². The van der Waals surface area contributed by atoms with Gasteiger partial charge >= 0.3 is 0 Å². The Balaban J connectivity index is 2.27. The molecule has 2 rings (SSSR count). The first-order chi connectivity index (χ1) is 9.69. The van der Waals surface area contributed by atoms with Gasteiger partial charge in [-0.15, -0.1) is 6.58 Å². The molecule has 0 aromatic heterocycles. The minimum absolute atomic E-state index is 0.198. The Kier molecular flexibility index (Phi) is 5.38. The molecule has 0 spiro atoms. The summed E-state index contributed by atoms with van der Waals surface area (Å²) in [6.07, 6.45) is 8.56. The van der Waals surface area contributed by atoms with Crippen LogP contribution in [0.1, 0.15) is 57.4 Å². The second kappa shape index (κ2) is 7.05. The first-order valence-electron chi connectivity index (χ1n) is 7.85. The smallest absolute Gasteiger partial charge is 0.0310 e. The van der Waals surface area contributed by atoms with Crippen molar-refractivity contribution in [2.75, 3.05) is 0 Å². The van der Waals surface area contributed by atoms with E-state index in [4.69, 9.17) is 5.84 Å². The van der Waals surface area contributed by atoms with E-state index < -0.39 is 0 Å². The maximum absolute atomic E-state index is 5.93. The second-order valence-electron chi connectivity index (χ2n) is 6.30. The molecule has 1 aliphatic carbocycles. The van der Waals surface area contributed by atoms with Crippen LogP contribution in [0.25, 0.3) is 0 Å². The van der Waals surface area contributed by atoms with Crippen LogP contribution in [0.3, 0.4) is 0 Å². The molecule has 1 fully saturated rings. The number of nitrogens with two attached hydrogens (primary N) is 1. The molecule has 1 saturated carbocycles. The predicted octanol–water partition coefficient (Wildman–Crippen LogP) is 4.08. The third-order valence-corrected chi connectivity index (χ3v) is 4.82. The molecule has 1 aliphatic rings. The lowest BCUT2D eigenvalue weighted by atomic mass is 9.64. The molecule has 1 aromatic carbocycles. The molecular formula is C18H28N2. The molecule has 0 aliphatic heterocycles. The van der Waals surface area contributed by atoms with Gasteiger partial charge in [-0.2, -0.15) is 0 Å². The Morgan fingerprint density at radius 1 is 1.25 bits per heavy atom. The number of allylic oxidation sites excluding steroid dienone is 1. The van der Waals surface area contributed by atoms with Crippen LogP contribution in [0.5, 0.6) is 0 Å². The molecule has 0 amide bonds. The summed E-state index contributed by atoms with van der Waals surface area (Å²) in [5, 5.41) is 0. The Bertz CT molecular complexity index is 418. The standard InChI is InChI=1S/C18H28N2/c1-15(2)11-12-17(20-19)18(13-7-4-8-14-18)16-9-5-3-6-10-16/h3,5-6,9-10,17,20H,1,4,7-8,11-14,19H2,2H3. The Labute approximate surface area is 123 Å². The van der Waals surface area contributed by atoms with Crippen LogP contribution in [-0.2, 0) is 5.41 Å². The SMILES string of the molecule is C=C(C)CCC(NN)C1(c2ccccc2)CCCCC1. The molecule has 0 radical (unpaired) electrons. The van der Waals surface area contributed by atoms with Gasteiger partial charge in [0.25, 0.3) is 0 Å². The van der Waals surface area contributed by atoms with Gasteiger partial charge in [-0.1, -0.05) is 55.2 Å². The van der Waals surface area contributed by atoms with Crippen molar-refractivity contribution in [3.05, 3.63) is 48.0 Å². The van der Waals surface area contributed by atoms with Gasteiger partial charge in [0.05, 0.1) is 0 Å². The molecule has 2 nitrogen and oxygen atoms in total. The largest absolute Gasteiger partial charge is 0.271 e. The Morgan fingerprint density at radius 3 is 2.45 bits per heavy atom. The first-order valence-corrected chi connectivity index (χ1v) is 7.85. The summed E-state index contributed by atoms with van der Waals surface area (Å²) >= 11 is 0. The van der Waals surface area contributed by atoms with Crippen molar-refractivity contribution < 1.29 is 0 Å². The zero-order chi connectivity index (χ0) is 14.4. The van der Waals surface area contributed by atoms with Crippen molar-refractivity contribution in [3.8, 4) is 0 Å². The van der Waals surface area contributed by atoms with Gasteiger partial charge in [0.15, 0.2) is 0 Å². The number of rotatable bonds is 6. The van der Waals surface area contributed by atoms with Crippen LogP contribution in [0.15, 0.2) is 42.5 Å². The minimum Gasteiger partial charge on any atom is -0.271 e. The highest BCUT2D eigenvalue weighted by molar-refractivity contribution is 5.28. The number of nitrogens with one attached hydrogen (secondary N) is 1. The van der Waals surface area contributed by atoms with E-state index in [1.54, 1.807) is 0 Å². The third-order valence-electron chi connectivity index (χ3n) is 4.82. The van der Waals surface area contributed by atoms with Gasteiger partial charge < -0.3 is 0 Å². The van der Waals surface area contributed by atoms with Crippen molar-refractivity contribution in [3.63, 3.8) is 0 Å². The minimum atomic E-state index is 0.198. The molecule has 0 bridgehead atoms. The number of hydrazine groups is 1. The highest BCUT2D eigenvalue weighted by atomic mass is 15.2. The summed E-state index contributed by atoms with van der Waals surface area (Å²) in [5.41, 5.74) is 6.01. The van der Waals surface area contributed by atoms with Crippen LogP contribution in [-0.4, -0.2) is 6.04 Å². The summed E-state index contributed by atoms with van der Waals surface area (Å²) in [7, 11) is 0. The fourth-order valence-corrected chi connectivity index (χ4v) is 3.70. The second-order valence-corrected chi connectivity index (χ2v) is 6.30. The number of hydrogen-bond donors (Lipinski definition) is 2. The van der Waals surface area contributed by atoms with Crippen molar-refractivity contribution in [1.82, 2.24) is 5.43 Å². The average Bonchev–Trinajstić information content (AvgIpc) is 2.49. The third kappa shape index (κ3) is 3.31. The highest BCUT2D eigenvalue weighted by Crippen LogP contribution is 2.43. The van der Waals surface area contributed by atoms with Crippen LogP contribution in [0.4, 0.5) is 0 Å². The summed E-state index contributed by atoms with van der Waals surface area (Å²) in [6, 6.07) is 11.3. The van der Waals surface area contributed by atoms with Crippen LogP contribution in [0, 0.1) is 0 Å². The van der Waals surface area contributed by atoms with E-state index in [-0.39, 0.29) is 5.41 Å². The summed E-state index contributed by atoms with van der Waals surface area (Å²) in [6.45, 7) is 6.13. The fourth-order valence-electron chi connectivity index (χ4n) is 3.70. The Morgan fingerprint density at radius 2 is 1.90 bits per heavy atom. The van der Waals surface area contributed by atoms with Crippen molar-refractivity contribution in [1.29, 1.82) is 0 Å². The molecule has 1 atom stereocenters. The van der Waals surface area contributed by atoms with E-state index in [1.807, 2.05) is 0 Å². The molecule has 1 aromatic rings. The van der Waals surface area contributed by atoms with Gasteiger partial charge in [0, 0.05) is 11.5 Å². The molecule has 1 unspecified atom stereocenters. The van der Waals surface area contributed by atoms with Gasteiger partial charge in [-0.05, 0) is 38.2 Å². The van der Waals surface area contributed by atoms with Crippen LogP contribution < -0.4 is 11.3 Å². The first kappa shape index (κ1) is 15.3.